The first-order valence-corrected chi connectivity index (χ1v) is 10.7. The average molecular weight is 630 g/mol. The monoisotopic (exact) mass is 626 g/mol. The van der Waals surface area contributed by atoms with Crippen LogP contribution in [0.15, 0.2) is 17.9 Å². The molecule has 1 aliphatic carbocycles. The zero-order valence-corrected chi connectivity index (χ0v) is 19.9. The molecule has 0 saturated carbocycles. The van der Waals surface area contributed by atoms with Gasteiger partial charge in [-0.05, 0) is 51.6 Å². The first-order valence-electron chi connectivity index (χ1n) is 7.51. The summed E-state index contributed by atoms with van der Waals surface area (Å²) < 4.78 is 6.57. The van der Waals surface area contributed by atoms with Crippen LogP contribution >= 0.6 is 63.7 Å². The maximum Gasteiger partial charge on any atom is 0.318 e. The molecule has 0 radical (unpaired) electrons. The molecule has 148 valence electrons. The summed E-state index contributed by atoms with van der Waals surface area (Å²) in [4.78, 5) is 24.5. The maximum absolute atomic E-state index is 12.4. The molecule has 1 rings (SSSR count). The zero-order valence-electron chi connectivity index (χ0n) is 13.6. The van der Waals surface area contributed by atoms with E-state index in [9.17, 15) is 30.0 Å². The topological polar surface area (TPSA) is 124 Å². The highest BCUT2D eigenvalue weighted by molar-refractivity contribution is 9.17. The second-order valence-electron chi connectivity index (χ2n) is 5.77. The van der Waals surface area contributed by atoms with Gasteiger partial charge >= 0.3 is 11.9 Å². The van der Waals surface area contributed by atoms with Crippen LogP contribution in [0, 0.1) is 11.3 Å². The summed E-state index contributed by atoms with van der Waals surface area (Å²) in [5.74, 6) is -4.26. The number of aliphatic hydroxyl groups is 2. The van der Waals surface area contributed by atoms with Gasteiger partial charge in [0.05, 0.1) is 18.8 Å². The smallest absolute Gasteiger partial charge is 0.318 e. The lowest BCUT2D eigenvalue weighted by Gasteiger charge is -2.44. The second kappa shape index (κ2) is 10.1. The molecule has 4 N–H and O–H groups in total. The quantitative estimate of drug-likeness (QED) is 0.309. The van der Waals surface area contributed by atoms with E-state index in [1.165, 1.54) is 6.92 Å². The van der Waals surface area contributed by atoms with Crippen LogP contribution in [0.2, 0.25) is 0 Å². The molecule has 0 bridgehead atoms. The van der Waals surface area contributed by atoms with Gasteiger partial charge in [0.15, 0.2) is 0 Å². The van der Waals surface area contributed by atoms with Gasteiger partial charge in [-0.2, -0.15) is 0 Å². The molecule has 11 heteroatoms. The molecule has 0 aromatic heterocycles. The summed E-state index contributed by atoms with van der Waals surface area (Å²) in [6.07, 6.45) is -1.72. The largest absolute Gasteiger partial charge is 0.481 e. The molecule has 0 spiro atoms. The fourth-order valence-corrected chi connectivity index (χ4v) is 5.90. The third-order valence-corrected chi connectivity index (χ3v) is 9.06. The Morgan fingerprint density at radius 1 is 1.19 bits per heavy atom. The van der Waals surface area contributed by atoms with Gasteiger partial charge in [0.25, 0.3) is 0 Å². The van der Waals surface area contributed by atoms with Gasteiger partial charge in [0.1, 0.15) is 11.3 Å². The SMILES string of the molecule is CC(O)COC(CCCO)C1(C(=O)O)C(Br)=C(Br)C(Br)=C(Br)C1C(=O)O. The van der Waals surface area contributed by atoms with Crippen LogP contribution in [0.25, 0.3) is 0 Å². The van der Waals surface area contributed by atoms with E-state index in [0.29, 0.717) is 8.96 Å². The van der Waals surface area contributed by atoms with Crippen LogP contribution in [0.1, 0.15) is 19.8 Å². The van der Waals surface area contributed by atoms with Crippen LogP contribution in [-0.4, -0.2) is 57.8 Å². The minimum Gasteiger partial charge on any atom is -0.481 e. The van der Waals surface area contributed by atoms with Crippen molar-refractivity contribution in [3.63, 3.8) is 0 Å². The summed E-state index contributed by atoms with van der Waals surface area (Å²) in [6.45, 7) is 1.07. The van der Waals surface area contributed by atoms with Crippen molar-refractivity contribution in [2.24, 2.45) is 11.3 Å². The predicted octanol–water partition coefficient (Wildman–Crippen LogP) is 3.31. The fraction of sp³-hybridized carbons (Fsp3) is 0.600. The molecule has 0 aliphatic heterocycles. The van der Waals surface area contributed by atoms with Crippen molar-refractivity contribution in [3.05, 3.63) is 17.9 Å². The summed E-state index contributed by atoms with van der Waals surface area (Å²) in [7, 11) is 0. The van der Waals surface area contributed by atoms with E-state index in [-0.39, 0.29) is 35.0 Å². The van der Waals surface area contributed by atoms with Crippen LogP contribution in [-0.2, 0) is 14.3 Å². The van der Waals surface area contributed by atoms with Crippen molar-refractivity contribution < 1.29 is 34.8 Å². The molecule has 1 aliphatic rings. The third kappa shape index (κ3) is 4.61. The Hall–Kier alpha value is 0.220. The minimum absolute atomic E-state index is 0.0760. The first-order chi connectivity index (χ1) is 12.0. The molecule has 0 aromatic rings. The Bertz CT molecular complexity index is 631. The molecular formula is C15H18Br4O7. The molecule has 26 heavy (non-hydrogen) atoms. The van der Waals surface area contributed by atoms with Crippen molar-refractivity contribution >= 4 is 75.7 Å². The Labute approximate surface area is 184 Å². The number of carboxylic acids is 2. The van der Waals surface area contributed by atoms with E-state index in [1.807, 2.05) is 0 Å². The normalized spacial score (nSPS) is 26.0. The number of rotatable bonds is 9. The number of aliphatic carboxylic acids is 2. The molecule has 0 saturated heterocycles. The van der Waals surface area contributed by atoms with Gasteiger partial charge < -0.3 is 25.2 Å². The lowest BCUT2D eigenvalue weighted by Crippen LogP contribution is -2.54. The molecule has 0 amide bonds. The number of aliphatic hydroxyl groups excluding tert-OH is 2. The summed E-state index contributed by atoms with van der Waals surface area (Å²) in [5, 5.41) is 38.6. The fourth-order valence-electron chi connectivity index (χ4n) is 2.80. The third-order valence-electron chi connectivity index (χ3n) is 3.94. The number of allylic oxidation sites excluding steroid dienone is 2. The van der Waals surface area contributed by atoms with E-state index in [0.717, 1.165) is 0 Å². The summed E-state index contributed by atoms with van der Waals surface area (Å²) in [6, 6.07) is 0. The van der Waals surface area contributed by atoms with Crippen LogP contribution in [0.3, 0.4) is 0 Å². The Kier molecular flexibility index (Phi) is 9.45. The van der Waals surface area contributed by atoms with Crippen molar-refractivity contribution in [2.75, 3.05) is 13.2 Å². The van der Waals surface area contributed by atoms with Gasteiger partial charge in [-0.1, -0.05) is 31.9 Å². The molecule has 0 aromatic carbocycles. The minimum atomic E-state index is -2.01. The van der Waals surface area contributed by atoms with E-state index in [4.69, 9.17) is 4.74 Å². The van der Waals surface area contributed by atoms with Crippen LogP contribution < -0.4 is 0 Å². The van der Waals surface area contributed by atoms with E-state index in [1.54, 1.807) is 0 Å². The highest BCUT2D eigenvalue weighted by Gasteiger charge is 2.61. The summed E-state index contributed by atoms with van der Waals surface area (Å²) in [5.41, 5.74) is -2.01. The molecule has 0 heterocycles. The Morgan fingerprint density at radius 3 is 2.19 bits per heavy atom. The van der Waals surface area contributed by atoms with Gasteiger partial charge in [0, 0.05) is 24.5 Å². The van der Waals surface area contributed by atoms with Gasteiger partial charge in [-0.3, -0.25) is 9.59 Å². The lowest BCUT2D eigenvalue weighted by molar-refractivity contribution is -0.170. The number of carboxylic acid groups (broad SMARTS) is 2. The van der Waals surface area contributed by atoms with Crippen LogP contribution in [0.4, 0.5) is 0 Å². The zero-order chi connectivity index (χ0) is 20.2. The molecule has 4 unspecified atom stereocenters. The molecular weight excluding hydrogens is 612 g/mol. The highest BCUT2D eigenvalue weighted by atomic mass is 79.9. The number of hydrogen-bond acceptors (Lipinski definition) is 5. The predicted molar refractivity (Wildman–Crippen MR) is 109 cm³/mol. The first kappa shape index (κ1) is 24.3. The van der Waals surface area contributed by atoms with Crippen molar-refractivity contribution in [3.8, 4) is 0 Å². The lowest BCUT2D eigenvalue weighted by atomic mass is 9.67. The number of carbonyl (C=O) groups is 2. The number of ether oxygens (including phenoxy) is 1. The van der Waals surface area contributed by atoms with E-state index < -0.39 is 35.5 Å². The Balaban J connectivity index is 3.67. The Morgan fingerprint density at radius 2 is 1.77 bits per heavy atom. The van der Waals surface area contributed by atoms with Crippen LogP contribution in [0.5, 0.6) is 0 Å². The average Bonchev–Trinajstić information content (AvgIpc) is 2.55. The number of halogens is 4. The summed E-state index contributed by atoms with van der Waals surface area (Å²) >= 11 is 13.0. The number of hydrogen-bond donors (Lipinski definition) is 4. The highest BCUT2D eigenvalue weighted by Crippen LogP contribution is 2.58. The van der Waals surface area contributed by atoms with Gasteiger partial charge in [0.2, 0.25) is 0 Å². The van der Waals surface area contributed by atoms with E-state index in [2.05, 4.69) is 63.7 Å². The maximum atomic E-state index is 12.4. The van der Waals surface area contributed by atoms with Crippen molar-refractivity contribution in [2.45, 2.75) is 32.0 Å². The van der Waals surface area contributed by atoms with Gasteiger partial charge in [-0.25, -0.2) is 0 Å². The molecule has 0 fully saturated rings. The molecule has 7 nitrogen and oxygen atoms in total. The van der Waals surface area contributed by atoms with Crippen molar-refractivity contribution in [1.82, 2.24) is 0 Å². The van der Waals surface area contributed by atoms with E-state index >= 15 is 0 Å². The van der Waals surface area contributed by atoms with Gasteiger partial charge in [-0.15, -0.1) is 0 Å². The second-order valence-corrected chi connectivity index (χ2v) is 9.01. The molecule has 4 atom stereocenters. The standard InChI is InChI=1S/C15H18Br4O7/c1-6(21)5-26-7(3-2-4-20)15(14(24)25)8(13(22)23)9(16)10(17)11(18)12(15)19/h6-8,20-21H,2-5H2,1H3,(H,22,23)(H,24,25). The van der Waals surface area contributed by atoms with Crippen molar-refractivity contribution in [1.29, 1.82) is 0 Å².